The zero-order chi connectivity index (χ0) is 23.8. The molecule has 0 radical (unpaired) electrons. The molecule has 0 aromatic carbocycles. The van der Waals surface area contributed by atoms with Gasteiger partial charge in [0.15, 0.2) is 6.79 Å². The molecule has 2 heterocycles. The normalized spacial score (nSPS) is 14.3. The topological polar surface area (TPSA) is 102 Å². The minimum absolute atomic E-state index is 0.0278. The lowest BCUT2D eigenvalue weighted by molar-refractivity contribution is -0.159. The largest absolute Gasteiger partial charge is 0.438 e. The van der Waals surface area contributed by atoms with E-state index in [4.69, 9.17) is 9.47 Å². The van der Waals surface area contributed by atoms with Crippen molar-refractivity contribution >= 4 is 11.5 Å². The van der Waals surface area contributed by atoms with E-state index in [9.17, 15) is 15.0 Å². The van der Waals surface area contributed by atoms with Gasteiger partial charge in [-0.1, -0.05) is 46.4 Å². The lowest BCUT2D eigenvalue weighted by Gasteiger charge is -2.27. The standard InChI is InChI=1S/C25H34N2O5/c1-15(2)23-18(9-7-11-26-23)17(5)20(28)13-21(29)22(25(30)32-14-31-6)19-10-8-12-27-24(19)16(3)4/h7-12,15-16,20-22,28-29H,5,13-14H2,1-4,6H3. The number of rotatable bonds is 11. The van der Waals surface area contributed by atoms with Crippen molar-refractivity contribution in [3.8, 4) is 0 Å². The third kappa shape index (κ3) is 6.22. The highest BCUT2D eigenvalue weighted by molar-refractivity contribution is 5.79. The summed E-state index contributed by atoms with van der Waals surface area (Å²) < 4.78 is 10.0. The Labute approximate surface area is 190 Å². The van der Waals surface area contributed by atoms with Gasteiger partial charge in [-0.25, -0.2) is 0 Å². The third-order valence-corrected chi connectivity index (χ3v) is 5.31. The summed E-state index contributed by atoms with van der Waals surface area (Å²) in [4.78, 5) is 21.7. The van der Waals surface area contributed by atoms with E-state index >= 15 is 0 Å². The molecule has 0 bridgehead atoms. The number of carbonyl (C=O) groups is 1. The molecule has 0 aliphatic heterocycles. The molecule has 2 aromatic heterocycles. The molecule has 0 fully saturated rings. The molecule has 0 saturated heterocycles. The van der Waals surface area contributed by atoms with Crippen LogP contribution in [0.2, 0.25) is 0 Å². The molecule has 174 valence electrons. The predicted octanol–water partition coefficient (Wildman–Crippen LogP) is 3.78. The molecule has 0 spiro atoms. The molecule has 0 aliphatic carbocycles. The summed E-state index contributed by atoms with van der Waals surface area (Å²) in [6.07, 6.45) is 0.931. The van der Waals surface area contributed by atoms with Crippen molar-refractivity contribution in [2.45, 2.75) is 64.1 Å². The average molecular weight is 443 g/mol. The molecular formula is C25H34N2O5. The Kier molecular flexibility index (Phi) is 9.50. The monoisotopic (exact) mass is 442 g/mol. The molecule has 0 amide bonds. The highest BCUT2D eigenvalue weighted by Crippen LogP contribution is 2.32. The number of nitrogens with zero attached hydrogens (tertiary/aromatic N) is 2. The Balaban J connectivity index is 2.33. The third-order valence-electron chi connectivity index (χ3n) is 5.31. The van der Waals surface area contributed by atoms with E-state index in [0.29, 0.717) is 16.8 Å². The number of hydrogen-bond acceptors (Lipinski definition) is 7. The number of ether oxygens (including phenoxy) is 2. The predicted molar refractivity (Wildman–Crippen MR) is 123 cm³/mol. The SMILES string of the molecule is C=C(c1cccnc1C(C)C)C(O)CC(O)C(C(=O)OCOC)c1cccnc1C(C)C. The number of carbonyl (C=O) groups excluding carboxylic acids is 1. The molecule has 2 aromatic rings. The first-order valence-corrected chi connectivity index (χ1v) is 10.8. The second kappa shape index (κ2) is 11.9. The van der Waals surface area contributed by atoms with Crippen LogP contribution in [-0.4, -0.2) is 52.3 Å². The summed E-state index contributed by atoms with van der Waals surface area (Å²) >= 11 is 0. The molecule has 7 nitrogen and oxygen atoms in total. The van der Waals surface area contributed by atoms with Crippen molar-refractivity contribution in [2.24, 2.45) is 0 Å². The zero-order valence-corrected chi connectivity index (χ0v) is 19.5. The zero-order valence-electron chi connectivity index (χ0n) is 19.5. The maximum Gasteiger partial charge on any atom is 0.318 e. The Morgan fingerprint density at radius 2 is 1.62 bits per heavy atom. The minimum Gasteiger partial charge on any atom is -0.438 e. The van der Waals surface area contributed by atoms with E-state index in [1.807, 2.05) is 33.8 Å². The molecular weight excluding hydrogens is 408 g/mol. The summed E-state index contributed by atoms with van der Waals surface area (Å²) in [5.74, 6) is -1.51. The highest BCUT2D eigenvalue weighted by atomic mass is 16.7. The van der Waals surface area contributed by atoms with Crippen LogP contribution in [-0.2, 0) is 14.3 Å². The van der Waals surface area contributed by atoms with Gasteiger partial charge in [-0.15, -0.1) is 0 Å². The maximum absolute atomic E-state index is 12.9. The molecule has 32 heavy (non-hydrogen) atoms. The van der Waals surface area contributed by atoms with Gasteiger partial charge in [0.1, 0.15) is 5.92 Å². The molecule has 2 rings (SSSR count). The highest BCUT2D eigenvalue weighted by Gasteiger charge is 2.35. The fourth-order valence-corrected chi connectivity index (χ4v) is 3.71. The van der Waals surface area contributed by atoms with Crippen molar-refractivity contribution < 1.29 is 24.5 Å². The Morgan fingerprint density at radius 1 is 1.03 bits per heavy atom. The second-order valence-electron chi connectivity index (χ2n) is 8.42. The van der Waals surface area contributed by atoms with Gasteiger partial charge in [-0.05, 0) is 35.1 Å². The number of pyridine rings is 2. The number of aliphatic hydroxyl groups is 2. The van der Waals surface area contributed by atoms with Gasteiger partial charge >= 0.3 is 5.97 Å². The molecule has 7 heteroatoms. The summed E-state index contributed by atoms with van der Waals surface area (Å²) in [7, 11) is 1.41. The Hall–Kier alpha value is -2.61. The van der Waals surface area contributed by atoms with Gasteiger partial charge in [0, 0.05) is 37.2 Å². The summed E-state index contributed by atoms with van der Waals surface area (Å²) in [6, 6.07) is 7.10. The molecule has 2 N–H and O–H groups in total. The number of methoxy groups -OCH3 is 1. The van der Waals surface area contributed by atoms with Crippen LogP contribution in [0.4, 0.5) is 0 Å². The lowest BCUT2D eigenvalue weighted by Crippen LogP contribution is -2.33. The second-order valence-corrected chi connectivity index (χ2v) is 8.42. The molecule has 3 atom stereocenters. The smallest absolute Gasteiger partial charge is 0.318 e. The fourth-order valence-electron chi connectivity index (χ4n) is 3.71. The first-order chi connectivity index (χ1) is 15.2. The van der Waals surface area contributed by atoms with Crippen LogP contribution in [0.25, 0.3) is 5.57 Å². The number of aliphatic hydroxyl groups excluding tert-OH is 2. The number of aromatic nitrogens is 2. The Bertz CT molecular complexity index is 913. The molecule has 0 saturated carbocycles. The fraction of sp³-hybridized carbons (Fsp3) is 0.480. The van der Waals surface area contributed by atoms with E-state index < -0.39 is 24.1 Å². The van der Waals surface area contributed by atoms with E-state index in [1.165, 1.54) is 7.11 Å². The summed E-state index contributed by atoms with van der Waals surface area (Å²) in [6.45, 7) is 11.8. The van der Waals surface area contributed by atoms with Gasteiger partial charge in [0.2, 0.25) is 0 Å². The average Bonchev–Trinajstić information content (AvgIpc) is 2.77. The van der Waals surface area contributed by atoms with Gasteiger partial charge in [-0.3, -0.25) is 14.8 Å². The minimum atomic E-state index is -1.23. The van der Waals surface area contributed by atoms with Crippen LogP contribution in [0.1, 0.15) is 74.4 Å². The van der Waals surface area contributed by atoms with Crippen LogP contribution < -0.4 is 0 Å². The van der Waals surface area contributed by atoms with Crippen LogP contribution in [0.5, 0.6) is 0 Å². The van der Waals surface area contributed by atoms with Crippen molar-refractivity contribution in [1.29, 1.82) is 0 Å². The number of esters is 1. The van der Waals surface area contributed by atoms with Gasteiger partial charge in [-0.2, -0.15) is 0 Å². The first kappa shape index (κ1) is 25.6. The van der Waals surface area contributed by atoms with Crippen molar-refractivity contribution in [3.05, 3.63) is 65.8 Å². The van der Waals surface area contributed by atoms with Gasteiger partial charge in [0.25, 0.3) is 0 Å². The van der Waals surface area contributed by atoms with Crippen LogP contribution in [0, 0.1) is 0 Å². The van der Waals surface area contributed by atoms with Crippen LogP contribution in [0.15, 0.2) is 43.2 Å². The van der Waals surface area contributed by atoms with Gasteiger partial charge in [0.05, 0.1) is 17.9 Å². The van der Waals surface area contributed by atoms with Crippen LogP contribution in [0.3, 0.4) is 0 Å². The van der Waals surface area contributed by atoms with E-state index in [-0.39, 0.29) is 25.0 Å². The van der Waals surface area contributed by atoms with Crippen molar-refractivity contribution in [1.82, 2.24) is 9.97 Å². The Morgan fingerprint density at radius 3 is 2.22 bits per heavy atom. The summed E-state index contributed by atoms with van der Waals surface area (Å²) in [5, 5.41) is 22.0. The molecule has 0 aliphatic rings. The van der Waals surface area contributed by atoms with Crippen molar-refractivity contribution in [2.75, 3.05) is 13.9 Å². The van der Waals surface area contributed by atoms with Crippen molar-refractivity contribution in [3.63, 3.8) is 0 Å². The first-order valence-electron chi connectivity index (χ1n) is 10.8. The van der Waals surface area contributed by atoms with E-state index in [1.54, 1.807) is 30.6 Å². The quantitative estimate of drug-likeness (QED) is 0.403. The lowest BCUT2D eigenvalue weighted by atomic mass is 9.84. The maximum atomic E-state index is 12.9. The van der Waals surface area contributed by atoms with E-state index in [2.05, 4.69) is 16.5 Å². The van der Waals surface area contributed by atoms with Crippen LogP contribution >= 0.6 is 0 Å². The van der Waals surface area contributed by atoms with E-state index in [0.717, 1.165) is 11.3 Å². The number of hydrogen-bond donors (Lipinski definition) is 2. The molecule has 3 unspecified atom stereocenters. The summed E-state index contributed by atoms with van der Waals surface area (Å²) in [5.41, 5.74) is 3.26. The van der Waals surface area contributed by atoms with Gasteiger partial charge < -0.3 is 19.7 Å².